The van der Waals surface area contributed by atoms with Crippen LogP contribution in [0.2, 0.25) is 0 Å². The Bertz CT molecular complexity index is 653. The minimum Gasteiger partial charge on any atom is -0.367 e. The lowest BCUT2D eigenvalue weighted by Gasteiger charge is -2.36. The molecule has 2 atom stereocenters. The van der Waals surface area contributed by atoms with Crippen molar-refractivity contribution in [2.24, 2.45) is 0 Å². The van der Waals surface area contributed by atoms with Gasteiger partial charge in [0.15, 0.2) is 0 Å². The first-order valence-corrected chi connectivity index (χ1v) is 8.75. The highest BCUT2D eigenvalue weighted by molar-refractivity contribution is 7.07. The van der Waals surface area contributed by atoms with E-state index in [1.165, 1.54) is 0 Å². The summed E-state index contributed by atoms with van der Waals surface area (Å²) in [5, 5.41) is 11.3. The zero-order chi connectivity index (χ0) is 16.4. The fourth-order valence-electron chi connectivity index (χ4n) is 2.65. The van der Waals surface area contributed by atoms with Crippen LogP contribution >= 0.6 is 11.3 Å². The molecule has 7 heteroatoms. The quantitative estimate of drug-likeness (QED) is 0.934. The number of ether oxygens (including phenoxy) is 1. The van der Waals surface area contributed by atoms with Gasteiger partial charge in [-0.3, -0.25) is 4.68 Å². The Kier molecular flexibility index (Phi) is 4.68. The highest BCUT2D eigenvalue weighted by Gasteiger charge is 2.29. The summed E-state index contributed by atoms with van der Waals surface area (Å²) >= 11 is 1.64. The summed E-state index contributed by atoms with van der Waals surface area (Å²) in [6, 6.07) is 2.21. The first kappa shape index (κ1) is 16.0. The molecule has 2 aromatic rings. The normalized spacial score (nSPS) is 21.7. The first-order valence-electron chi connectivity index (χ1n) is 7.80. The van der Waals surface area contributed by atoms with Crippen LogP contribution in [0.4, 0.5) is 10.5 Å². The van der Waals surface area contributed by atoms with Gasteiger partial charge in [0, 0.05) is 18.8 Å². The van der Waals surface area contributed by atoms with Gasteiger partial charge in [0.25, 0.3) is 0 Å². The number of nitrogens with one attached hydrogen (secondary N) is 1. The molecule has 6 nitrogen and oxygen atoms in total. The largest absolute Gasteiger partial charge is 0.367 e. The van der Waals surface area contributed by atoms with Crippen molar-refractivity contribution in [3.63, 3.8) is 0 Å². The van der Waals surface area contributed by atoms with Crippen molar-refractivity contribution >= 4 is 23.1 Å². The molecule has 124 valence electrons. The maximum atomic E-state index is 12.5. The Morgan fingerprint density at radius 2 is 2.30 bits per heavy atom. The van der Waals surface area contributed by atoms with Crippen LogP contribution in [0.15, 0.2) is 29.2 Å². The monoisotopic (exact) mass is 334 g/mol. The number of carbonyl (C=O) groups excluding carboxylic acids is 1. The van der Waals surface area contributed by atoms with Crippen molar-refractivity contribution in [1.82, 2.24) is 14.7 Å². The molecule has 0 aromatic carbocycles. The Balaban J connectivity index is 1.66. The van der Waals surface area contributed by atoms with Crippen LogP contribution in [-0.2, 0) is 4.74 Å². The highest BCUT2D eigenvalue weighted by Crippen LogP contribution is 2.27. The summed E-state index contributed by atoms with van der Waals surface area (Å²) in [6.45, 7) is 7.24. The van der Waals surface area contributed by atoms with Crippen LogP contribution in [0.1, 0.15) is 38.5 Å². The number of hydrogen-bond donors (Lipinski definition) is 1. The molecule has 1 saturated heterocycles. The lowest BCUT2D eigenvalue weighted by atomic mass is 10.1. The summed E-state index contributed by atoms with van der Waals surface area (Å²) in [7, 11) is 0. The van der Waals surface area contributed by atoms with E-state index in [-0.39, 0.29) is 24.3 Å². The third-order valence-corrected chi connectivity index (χ3v) is 4.55. The maximum absolute atomic E-state index is 12.5. The molecular weight excluding hydrogens is 312 g/mol. The second kappa shape index (κ2) is 6.72. The van der Waals surface area contributed by atoms with Gasteiger partial charge in [-0.15, -0.1) is 0 Å². The smallest absolute Gasteiger partial charge is 0.322 e. The number of aromatic nitrogens is 2. The van der Waals surface area contributed by atoms with Gasteiger partial charge in [-0.1, -0.05) is 0 Å². The molecule has 3 rings (SSSR count). The van der Waals surface area contributed by atoms with Crippen molar-refractivity contribution in [2.45, 2.75) is 39.0 Å². The zero-order valence-electron chi connectivity index (χ0n) is 13.6. The minimum atomic E-state index is -0.108. The van der Waals surface area contributed by atoms with Crippen LogP contribution in [0.3, 0.4) is 0 Å². The van der Waals surface area contributed by atoms with E-state index in [1.54, 1.807) is 17.5 Å². The van der Waals surface area contributed by atoms with Gasteiger partial charge in [-0.25, -0.2) is 4.79 Å². The van der Waals surface area contributed by atoms with E-state index in [1.807, 2.05) is 41.9 Å². The summed E-state index contributed by atoms with van der Waals surface area (Å²) < 4.78 is 7.79. The number of thiophene rings is 1. The van der Waals surface area contributed by atoms with Gasteiger partial charge >= 0.3 is 6.03 Å². The van der Waals surface area contributed by atoms with Gasteiger partial charge in [-0.05, 0) is 43.2 Å². The number of amides is 2. The Morgan fingerprint density at radius 1 is 1.48 bits per heavy atom. The maximum Gasteiger partial charge on any atom is 0.322 e. The van der Waals surface area contributed by atoms with Crippen LogP contribution in [-0.4, -0.2) is 39.9 Å². The lowest BCUT2D eigenvalue weighted by Crippen LogP contribution is -2.47. The Morgan fingerprint density at radius 3 is 2.96 bits per heavy atom. The number of anilines is 1. The van der Waals surface area contributed by atoms with Crippen LogP contribution < -0.4 is 5.32 Å². The number of urea groups is 1. The molecule has 23 heavy (non-hydrogen) atoms. The number of hydrogen-bond acceptors (Lipinski definition) is 4. The SMILES string of the molecule is CC1CN(C(=O)Nc2cnn(C(C)C)c2)CC(c2ccsc2)O1. The van der Waals surface area contributed by atoms with Crippen molar-refractivity contribution in [3.05, 3.63) is 34.8 Å². The fourth-order valence-corrected chi connectivity index (χ4v) is 3.35. The zero-order valence-corrected chi connectivity index (χ0v) is 14.4. The predicted octanol–water partition coefficient (Wildman–Crippen LogP) is 3.52. The molecule has 2 aromatic heterocycles. The summed E-state index contributed by atoms with van der Waals surface area (Å²) in [5.41, 5.74) is 1.85. The van der Waals surface area contributed by atoms with E-state index in [9.17, 15) is 4.79 Å². The minimum absolute atomic E-state index is 0.0118. The summed E-state index contributed by atoms with van der Waals surface area (Å²) in [4.78, 5) is 14.3. The fraction of sp³-hybridized carbons (Fsp3) is 0.500. The Labute approximate surface area is 140 Å². The highest BCUT2D eigenvalue weighted by atomic mass is 32.1. The second-order valence-corrected chi connectivity index (χ2v) is 6.91. The lowest BCUT2D eigenvalue weighted by molar-refractivity contribution is -0.0640. The van der Waals surface area contributed by atoms with Gasteiger partial charge in [-0.2, -0.15) is 16.4 Å². The van der Waals surface area contributed by atoms with Crippen molar-refractivity contribution in [2.75, 3.05) is 18.4 Å². The predicted molar refractivity (Wildman–Crippen MR) is 90.8 cm³/mol. The molecule has 0 aliphatic carbocycles. The number of carbonyl (C=O) groups is 1. The van der Waals surface area contributed by atoms with Crippen LogP contribution in [0.25, 0.3) is 0 Å². The molecule has 2 unspecified atom stereocenters. The van der Waals surface area contributed by atoms with Crippen LogP contribution in [0.5, 0.6) is 0 Å². The summed E-state index contributed by atoms with van der Waals surface area (Å²) in [5.74, 6) is 0. The van der Waals surface area contributed by atoms with Gasteiger partial charge in [0.1, 0.15) is 6.10 Å². The number of rotatable bonds is 3. The van der Waals surface area contributed by atoms with E-state index < -0.39 is 0 Å². The van der Waals surface area contributed by atoms with Gasteiger partial charge in [0.2, 0.25) is 0 Å². The molecule has 2 amide bonds. The average Bonchev–Trinajstić information content (AvgIpc) is 3.18. The molecule has 1 aliphatic rings. The van der Waals surface area contributed by atoms with E-state index >= 15 is 0 Å². The first-order chi connectivity index (χ1) is 11.0. The Hall–Kier alpha value is -1.86. The topological polar surface area (TPSA) is 59.4 Å². The molecule has 0 radical (unpaired) electrons. The summed E-state index contributed by atoms with van der Waals surface area (Å²) in [6.07, 6.45) is 3.48. The molecule has 0 spiro atoms. The van der Waals surface area contributed by atoms with E-state index in [4.69, 9.17) is 4.74 Å². The third-order valence-electron chi connectivity index (χ3n) is 3.84. The van der Waals surface area contributed by atoms with Crippen LogP contribution in [0, 0.1) is 0 Å². The van der Waals surface area contributed by atoms with Gasteiger partial charge < -0.3 is 15.0 Å². The van der Waals surface area contributed by atoms with E-state index in [2.05, 4.69) is 21.9 Å². The molecule has 3 heterocycles. The van der Waals surface area contributed by atoms with E-state index in [0.29, 0.717) is 13.1 Å². The standard InChI is InChI=1S/C16H22N4O2S/c1-11(2)20-8-14(6-17-20)18-16(21)19-7-12(3)22-15(9-19)13-4-5-23-10-13/h4-6,8,10-12,15H,7,9H2,1-3H3,(H,18,21). The van der Waals surface area contributed by atoms with Gasteiger partial charge in [0.05, 0.1) is 24.5 Å². The average molecular weight is 334 g/mol. The molecular formula is C16H22N4O2S. The molecule has 0 saturated carbocycles. The second-order valence-electron chi connectivity index (χ2n) is 6.13. The number of morpholine rings is 1. The molecule has 1 fully saturated rings. The van der Waals surface area contributed by atoms with Crippen molar-refractivity contribution < 1.29 is 9.53 Å². The third kappa shape index (κ3) is 3.73. The van der Waals surface area contributed by atoms with Crippen molar-refractivity contribution in [1.29, 1.82) is 0 Å². The molecule has 1 aliphatic heterocycles. The molecule has 1 N–H and O–H groups in total. The van der Waals surface area contributed by atoms with Crippen molar-refractivity contribution in [3.8, 4) is 0 Å². The van der Waals surface area contributed by atoms with E-state index in [0.717, 1.165) is 11.3 Å². The molecule has 0 bridgehead atoms. The number of nitrogens with zero attached hydrogens (tertiary/aromatic N) is 3.